The molecule has 2 saturated heterocycles. The van der Waals surface area contributed by atoms with E-state index in [2.05, 4.69) is 12.2 Å². The summed E-state index contributed by atoms with van der Waals surface area (Å²) < 4.78 is 40.4. The van der Waals surface area contributed by atoms with Crippen LogP contribution >= 0.6 is 0 Å². The highest BCUT2D eigenvalue weighted by atomic mass is 32.2. The Morgan fingerprint density at radius 1 is 0.600 bits per heavy atom. The molecule has 2 heterocycles. The summed E-state index contributed by atoms with van der Waals surface area (Å²) in [5.41, 5.74) is 0.990. The first-order valence-electron chi connectivity index (χ1n) is 31.2. The molecule has 75 heavy (non-hydrogen) atoms. The molecule has 0 aliphatic carbocycles. The molecule has 2 aliphatic heterocycles. The van der Waals surface area contributed by atoms with Gasteiger partial charge in [0.05, 0.1) is 30.3 Å². The van der Waals surface area contributed by atoms with E-state index in [9.17, 15) is 38.4 Å². The van der Waals surface area contributed by atoms with Gasteiger partial charge in [0.1, 0.15) is 40.9 Å². The minimum Gasteiger partial charge on any atom is -0.463 e. The molecule has 0 saturated carbocycles. The van der Waals surface area contributed by atoms with Gasteiger partial charge in [-0.2, -0.15) is 0 Å². The molecule has 1 aromatic carbocycles. The van der Waals surface area contributed by atoms with Gasteiger partial charge in [-0.15, -0.1) is 0 Å². The van der Waals surface area contributed by atoms with E-state index in [0.29, 0.717) is 36.7 Å². The summed E-state index contributed by atoms with van der Waals surface area (Å²) in [7, 11) is -2.73. The number of unbranched alkanes of at least 4 members (excludes halogenated alkanes) is 32. The predicted octanol–water partition coefficient (Wildman–Crippen LogP) is 13.1. The van der Waals surface area contributed by atoms with Gasteiger partial charge in [0.15, 0.2) is 6.29 Å². The smallest absolute Gasteiger partial charge is 0.306 e. The van der Waals surface area contributed by atoms with Crippen molar-refractivity contribution in [2.24, 2.45) is 5.92 Å². The van der Waals surface area contributed by atoms with Crippen molar-refractivity contribution >= 4 is 21.7 Å². The fourth-order valence-corrected chi connectivity index (χ4v) is 12.5. The Morgan fingerprint density at radius 3 is 1.55 bits per heavy atom. The summed E-state index contributed by atoms with van der Waals surface area (Å²) in [6.07, 6.45) is 38.7. The average molecular weight is 1080 g/mol. The van der Waals surface area contributed by atoms with Gasteiger partial charge in [0, 0.05) is 12.8 Å². The van der Waals surface area contributed by atoms with Crippen molar-refractivity contribution in [2.45, 2.75) is 313 Å². The van der Waals surface area contributed by atoms with E-state index < -0.39 is 58.7 Å². The van der Waals surface area contributed by atoms with Crippen molar-refractivity contribution in [3.8, 4) is 0 Å². The number of amides is 1. The van der Waals surface area contributed by atoms with Crippen LogP contribution in [0, 0.1) is 5.92 Å². The molecule has 7 atom stereocenters. The van der Waals surface area contributed by atoms with Crippen LogP contribution in [0.15, 0.2) is 30.3 Å². The Kier molecular flexibility index (Phi) is 39.1. The molecule has 1 amide bonds. The number of carbonyl (C=O) groups is 2. The molecule has 3 rings (SSSR count). The second kappa shape index (κ2) is 43.7. The molecule has 0 spiro atoms. The van der Waals surface area contributed by atoms with Crippen LogP contribution in [-0.4, -0.2) is 108 Å². The molecule has 0 unspecified atom stereocenters. The Labute approximate surface area is 457 Å². The zero-order valence-electron chi connectivity index (χ0n) is 47.4. The maximum Gasteiger partial charge on any atom is 0.306 e. The molecule has 0 aromatic heterocycles. The van der Waals surface area contributed by atoms with Gasteiger partial charge in [-0.25, -0.2) is 8.42 Å². The number of aliphatic hydroxyl groups is 4. The van der Waals surface area contributed by atoms with Crippen LogP contribution in [0.3, 0.4) is 0 Å². The van der Waals surface area contributed by atoms with Crippen LogP contribution in [0.5, 0.6) is 0 Å². The predicted molar refractivity (Wildman–Crippen MR) is 304 cm³/mol. The summed E-state index contributed by atoms with van der Waals surface area (Å²) in [4.78, 5) is 25.8. The second-order valence-electron chi connectivity index (χ2n) is 22.8. The quantitative estimate of drug-likeness (QED) is 0.0308. The summed E-state index contributed by atoms with van der Waals surface area (Å²) in [5, 5.41) is 46.6. The summed E-state index contributed by atoms with van der Waals surface area (Å²) >= 11 is 0. The van der Waals surface area contributed by atoms with Gasteiger partial charge in [-0.3, -0.25) is 9.59 Å². The van der Waals surface area contributed by atoms with E-state index >= 15 is 0 Å². The van der Waals surface area contributed by atoms with Crippen molar-refractivity contribution in [3.05, 3.63) is 35.9 Å². The van der Waals surface area contributed by atoms with Crippen molar-refractivity contribution in [1.29, 1.82) is 0 Å². The Hall–Kier alpha value is -2.13. The minimum atomic E-state index is -2.73. The van der Waals surface area contributed by atoms with E-state index in [0.717, 1.165) is 56.9 Å². The third-order valence-corrected chi connectivity index (χ3v) is 17.8. The molecular weight excluding hydrogens is 967 g/mol. The molecule has 5 N–H and O–H groups in total. The van der Waals surface area contributed by atoms with Crippen LogP contribution < -0.4 is 5.32 Å². The molecule has 13 heteroatoms. The maximum atomic E-state index is 13.3. The van der Waals surface area contributed by atoms with Gasteiger partial charge in [0.2, 0.25) is 5.91 Å². The second-order valence-corrected chi connectivity index (χ2v) is 25.2. The Bertz CT molecular complexity index is 1620. The van der Waals surface area contributed by atoms with E-state index in [4.69, 9.17) is 14.2 Å². The zero-order chi connectivity index (χ0) is 54.0. The maximum absolute atomic E-state index is 13.3. The number of esters is 1. The van der Waals surface area contributed by atoms with Gasteiger partial charge in [-0.1, -0.05) is 256 Å². The Balaban J connectivity index is 1.24. The first kappa shape index (κ1) is 67.1. The van der Waals surface area contributed by atoms with Crippen LogP contribution in [0.1, 0.15) is 269 Å². The number of carbonyl (C=O) groups excluding carboxylic acids is 2. The largest absolute Gasteiger partial charge is 0.463 e. The highest BCUT2D eigenvalue weighted by Gasteiger charge is 2.45. The molecule has 12 nitrogen and oxygen atoms in total. The molecule has 436 valence electrons. The van der Waals surface area contributed by atoms with E-state index in [1.54, 1.807) is 0 Å². The van der Waals surface area contributed by atoms with Crippen molar-refractivity contribution < 1.29 is 52.6 Å². The third kappa shape index (κ3) is 33.8. The molecule has 0 radical (unpaired) electrons. The highest BCUT2D eigenvalue weighted by Crippen LogP contribution is 2.26. The highest BCUT2D eigenvalue weighted by molar-refractivity contribution is 7.91. The lowest BCUT2D eigenvalue weighted by molar-refractivity contribution is -0.303. The average Bonchev–Trinajstić information content (AvgIpc) is 3.40. The number of sulfone groups is 1. The van der Waals surface area contributed by atoms with Gasteiger partial charge >= 0.3 is 5.97 Å². The Morgan fingerprint density at radius 2 is 1.05 bits per heavy atom. The number of ether oxygens (including phenoxy) is 3. The lowest BCUT2D eigenvalue weighted by Crippen LogP contribution is -2.60. The van der Waals surface area contributed by atoms with Crippen molar-refractivity contribution in [1.82, 2.24) is 5.32 Å². The fraction of sp³-hybridized carbons (Fsp3) is 0.871. The molecule has 0 bridgehead atoms. The summed E-state index contributed by atoms with van der Waals surface area (Å²) in [5.74, 6) is 0.805. The monoisotopic (exact) mass is 1080 g/mol. The van der Waals surface area contributed by atoms with E-state index in [1.165, 1.54) is 186 Å². The standard InChI is InChI=1S/C62H111NO11S/c1-2-3-4-5-6-7-8-18-22-25-28-31-37-42-55(64)54(50-73-62-61(69)60(68)59(67)56(74-62)51-72-58(66)45-44-52-39-35-33-36-40-52)63-57(65)43-38-32-29-26-23-20-17-15-13-11-9-10-12-14-16-19-21-24-27-30-34-41-53-46-48-75(70,71)49-47-53/h33,35-36,39-40,53-56,59-62,64,67-69H,2-32,34,37-38,41-51H2,1H3,(H,63,65)/t54-,55+,56+,59-,60-,61+,62-/m0/s1. The summed E-state index contributed by atoms with van der Waals surface area (Å²) in [6, 6.07) is 8.78. The molecule has 1 aromatic rings. The first-order valence-corrected chi connectivity index (χ1v) is 33.0. The van der Waals surface area contributed by atoms with Gasteiger partial charge in [-0.05, 0) is 43.6 Å². The topological polar surface area (TPSA) is 189 Å². The number of hydrogen-bond acceptors (Lipinski definition) is 11. The van der Waals surface area contributed by atoms with Gasteiger partial charge < -0.3 is 40.0 Å². The number of hydrogen-bond donors (Lipinski definition) is 5. The van der Waals surface area contributed by atoms with Crippen LogP contribution in [0.2, 0.25) is 0 Å². The van der Waals surface area contributed by atoms with Gasteiger partial charge in [0.25, 0.3) is 0 Å². The summed E-state index contributed by atoms with van der Waals surface area (Å²) in [6.45, 7) is 1.73. The van der Waals surface area contributed by atoms with Crippen LogP contribution in [0.4, 0.5) is 0 Å². The lowest BCUT2D eigenvalue weighted by Gasteiger charge is -2.40. The number of rotatable bonds is 48. The van der Waals surface area contributed by atoms with Crippen molar-refractivity contribution in [2.75, 3.05) is 24.7 Å². The van der Waals surface area contributed by atoms with Crippen molar-refractivity contribution in [3.63, 3.8) is 0 Å². The minimum absolute atomic E-state index is 0.129. The number of aliphatic hydroxyl groups excluding tert-OH is 4. The molecule has 2 fully saturated rings. The number of aryl methyl sites for hydroxylation is 1. The normalized spacial score (nSPS) is 20.7. The molecular formula is C62H111NO11S. The third-order valence-electron chi connectivity index (χ3n) is 16.1. The number of benzene rings is 1. The van der Waals surface area contributed by atoms with Crippen LogP contribution in [-0.2, 0) is 40.1 Å². The first-order chi connectivity index (χ1) is 36.5. The van der Waals surface area contributed by atoms with E-state index in [-0.39, 0.29) is 25.5 Å². The number of nitrogens with one attached hydrogen (secondary N) is 1. The van der Waals surface area contributed by atoms with E-state index in [1.807, 2.05) is 30.3 Å². The SMILES string of the molecule is CCCCCCCCCCCCCCC[C@@H](O)[C@H](CO[C@H]1O[C@H](COC(=O)CCc2ccccc2)[C@H](O)[C@H](O)[C@H]1O)NC(=O)CCCCCCCCCCCCCCCCCCCCCCCC1CCS(=O)(=O)CC1. The van der Waals surface area contributed by atoms with Crippen LogP contribution in [0.25, 0.3) is 0 Å². The fourth-order valence-electron chi connectivity index (χ4n) is 10.9. The molecule has 2 aliphatic rings. The lowest BCUT2D eigenvalue weighted by atomic mass is 9.95. The zero-order valence-corrected chi connectivity index (χ0v) is 48.2.